The molecular weight excluding hydrogens is 326 g/mol. The molecule has 1 atom stereocenters. The molecule has 3 fully saturated rings. The Bertz CT molecular complexity index is 549. The van der Waals surface area contributed by atoms with Gasteiger partial charge in [-0.3, -0.25) is 9.59 Å². The summed E-state index contributed by atoms with van der Waals surface area (Å²) in [6.07, 6.45) is 5.63. The highest BCUT2D eigenvalue weighted by Crippen LogP contribution is 2.37. The summed E-state index contributed by atoms with van der Waals surface area (Å²) in [5.74, 6) is 0.381. The van der Waals surface area contributed by atoms with Gasteiger partial charge in [-0.25, -0.2) is 0 Å². The topological polar surface area (TPSA) is 52.7 Å². The Morgan fingerprint density at radius 1 is 0.885 bits per heavy atom. The van der Waals surface area contributed by atoms with E-state index >= 15 is 0 Å². The number of carbonyl (C=O) groups is 2. The van der Waals surface area contributed by atoms with Crippen molar-refractivity contribution in [2.75, 3.05) is 39.3 Å². The van der Waals surface area contributed by atoms with Gasteiger partial charge in [-0.2, -0.15) is 0 Å². The molecule has 5 heteroatoms. The van der Waals surface area contributed by atoms with E-state index in [-0.39, 0.29) is 22.6 Å². The Morgan fingerprint density at radius 2 is 1.46 bits per heavy atom. The summed E-state index contributed by atoms with van der Waals surface area (Å²) in [6.45, 7) is 13.8. The highest BCUT2D eigenvalue weighted by Gasteiger charge is 2.47. The van der Waals surface area contributed by atoms with Crippen molar-refractivity contribution in [2.24, 2.45) is 16.2 Å². The van der Waals surface area contributed by atoms with Crippen molar-refractivity contribution in [3.8, 4) is 0 Å². The van der Waals surface area contributed by atoms with Gasteiger partial charge in [0.2, 0.25) is 11.8 Å². The van der Waals surface area contributed by atoms with Crippen molar-refractivity contribution in [1.29, 1.82) is 0 Å². The van der Waals surface area contributed by atoms with Crippen LogP contribution in [-0.4, -0.2) is 60.9 Å². The fourth-order valence-electron chi connectivity index (χ4n) is 5.12. The van der Waals surface area contributed by atoms with Gasteiger partial charge in [0, 0.05) is 39.1 Å². The van der Waals surface area contributed by atoms with E-state index in [1.807, 2.05) is 9.80 Å². The molecule has 0 bridgehead atoms. The van der Waals surface area contributed by atoms with Crippen molar-refractivity contribution in [3.05, 3.63) is 0 Å². The average Bonchev–Trinajstić information content (AvgIpc) is 3.02. The predicted octanol–water partition coefficient (Wildman–Crippen LogP) is 2.65. The number of hydrogen-bond acceptors (Lipinski definition) is 3. The summed E-state index contributed by atoms with van der Waals surface area (Å²) in [6, 6.07) is 0. The molecule has 0 aromatic heterocycles. The monoisotopic (exact) mass is 363 g/mol. The molecule has 3 saturated heterocycles. The lowest BCUT2D eigenvalue weighted by atomic mass is 9.78. The number of carbonyl (C=O) groups excluding carboxylic acids is 2. The fraction of sp³-hybridized carbons (Fsp3) is 0.905. The van der Waals surface area contributed by atoms with Crippen LogP contribution in [0.5, 0.6) is 0 Å². The molecule has 5 nitrogen and oxygen atoms in total. The molecule has 0 aromatic carbocycles. The lowest BCUT2D eigenvalue weighted by Crippen LogP contribution is -2.53. The Kier molecular flexibility index (Phi) is 5.40. The SMILES string of the molecule is CC1(C)CCCN(C(=O)CC2(C(=O)N3CCCC(C)(C)C3)CCNC2)C1. The predicted molar refractivity (Wildman–Crippen MR) is 104 cm³/mol. The maximum Gasteiger partial charge on any atom is 0.230 e. The maximum atomic E-state index is 13.5. The summed E-state index contributed by atoms with van der Waals surface area (Å²) >= 11 is 0. The van der Waals surface area contributed by atoms with Gasteiger partial charge in [-0.05, 0) is 49.5 Å². The zero-order valence-corrected chi connectivity index (χ0v) is 17.2. The summed E-state index contributed by atoms with van der Waals surface area (Å²) < 4.78 is 0. The highest BCUT2D eigenvalue weighted by atomic mass is 16.2. The Hall–Kier alpha value is -1.10. The zero-order chi connectivity index (χ0) is 19.0. The number of nitrogens with zero attached hydrogens (tertiary/aromatic N) is 2. The van der Waals surface area contributed by atoms with Gasteiger partial charge in [0.1, 0.15) is 0 Å². The first kappa shape index (κ1) is 19.7. The molecule has 1 unspecified atom stereocenters. The van der Waals surface area contributed by atoms with E-state index in [0.717, 1.165) is 52.0 Å². The first-order valence-electron chi connectivity index (χ1n) is 10.4. The number of nitrogens with one attached hydrogen (secondary N) is 1. The van der Waals surface area contributed by atoms with Crippen LogP contribution in [0.1, 0.15) is 66.2 Å². The molecule has 3 rings (SSSR count). The normalized spacial score (nSPS) is 31.1. The van der Waals surface area contributed by atoms with Crippen LogP contribution in [0.4, 0.5) is 0 Å². The third kappa shape index (κ3) is 4.24. The number of rotatable bonds is 3. The minimum atomic E-state index is -0.536. The Balaban J connectivity index is 1.71. The van der Waals surface area contributed by atoms with E-state index in [2.05, 4.69) is 33.0 Å². The molecule has 3 aliphatic heterocycles. The molecule has 2 amide bonds. The molecule has 0 saturated carbocycles. The van der Waals surface area contributed by atoms with E-state index in [0.29, 0.717) is 13.0 Å². The second-order valence-electron chi connectivity index (χ2n) is 10.5. The van der Waals surface area contributed by atoms with Gasteiger partial charge >= 0.3 is 0 Å². The fourth-order valence-corrected chi connectivity index (χ4v) is 5.12. The van der Waals surface area contributed by atoms with E-state index in [4.69, 9.17) is 0 Å². The maximum absolute atomic E-state index is 13.5. The van der Waals surface area contributed by atoms with Crippen LogP contribution in [-0.2, 0) is 9.59 Å². The lowest BCUT2D eigenvalue weighted by Gasteiger charge is -2.43. The number of amides is 2. The summed E-state index contributed by atoms with van der Waals surface area (Å²) in [4.78, 5) is 30.6. The standard InChI is InChI=1S/C21H37N3O2/c1-19(2)7-5-11-23(15-19)17(25)13-21(9-10-22-14-21)18(26)24-12-6-8-20(3,4)16-24/h22H,5-16H2,1-4H3. The van der Waals surface area contributed by atoms with Crippen LogP contribution in [0.15, 0.2) is 0 Å². The smallest absolute Gasteiger partial charge is 0.230 e. The first-order valence-corrected chi connectivity index (χ1v) is 10.4. The second kappa shape index (κ2) is 7.14. The van der Waals surface area contributed by atoms with Crippen molar-refractivity contribution >= 4 is 11.8 Å². The van der Waals surface area contributed by atoms with Crippen molar-refractivity contribution < 1.29 is 9.59 Å². The second-order valence-corrected chi connectivity index (χ2v) is 10.5. The molecule has 1 N–H and O–H groups in total. The van der Waals surface area contributed by atoms with Crippen molar-refractivity contribution in [3.63, 3.8) is 0 Å². The van der Waals surface area contributed by atoms with Gasteiger partial charge < -0.3 is 15.1 Å². The van der Waals surface area contributed by atoms with E-state index in [1.165, 1.54) is 12.8 Å². The molecule has 148 valence electrons. The van der Waals surface area contributed by atoms with Crippen LogP contribution >= 0.6 is 0 Å². The van der Waals surface area contributed by atoms with E-state index in [9.17, 15) is 9.59 Å². The van der Waals surface area contributed by atoms with Crippen LogP contribution in [0.3, 0.4) is 0 Å². The minimum absolute atomic E-state index is 0.172. The van der Waals surface area contributed by atoms with Gasteiger partial charge in [-0.15, -0.1) is 0 Å². The first-order chi connectivity index (χ1) is 12.1. The van der Waals surface area contributed by atoms with Gasteiger partial charge in [-0.1, -0.05) is 27.7 Å². The molecule has 0 radical (unpaired) electrons. The zero-order valence-electron chi connectivity index (χ0n) is 17.2. The quantitative estimate of drug-likeness (QED) is 0.839. The third-order valence-electron chi connectivity index (χ3n) is 6.63. The molecule has 0 aromatic rings. The summed E-state index contributed by atoms with van der Waals surface area (Å²) in [7, 11) is 0. The number of hydrogen-bond donors (Lipinski definition) is 1. The lowest BCUT2D eigenvalue weighted by molar-refractivity contribution is -0.150. The van der Waals surface area contributed by atoms with Crippen LogP contribution in [0, 0.1) is 16.2 Å². The highest BCUT2D eigenvalue weighted by molar-refractivity contribution is 5.89. The average molecular weight is 364 g/mol. The summed E-state index contributed by atoms with van der Waals surface area (Å²) in [5.41, 5.74) is -0.163. The van der Waals surface area contributed by atoms with E-state index in [1.54, 1.807) is 0 Å². The van der Waals surface area contributed by atoms with Crippen LogP contribution < -0.4 is 5.32 Å². The molecule has 26 heavy (non-hydrogen) atoms. The largest absolute Gasteiger partial charge is 0.342 e. The van der Waals surface area contributed by atoms with Crippen molar-refractivity contribution in [2.45, 2.75) is 66.2 Å². The minimum Gasteiger partial charge on any atom is -0.342 e. The Labute approximate surface area is 158 Å². The number of likely N-dealkylation sites (tertiary alicyclic amines) is 2. The van der Waals surface area contributed by atoms with Gasteiger partial charge in [0.25, 0.3) is 0 Å². The molecule has 0 spiro atoms. The Morgan fingerprint density at radius 3 is 2.00 bits per heavy atom. The molecule has 3 aliphatic rings. The van der Waals surface area contributed by atoms with Crippen LogP contribution in [0.2, 0.25) is 0 Å². The van der Waals surface area contributed by atoms with Crippen LogP contribution in [0.25, 0.3) is 0 Å². The van der Waals surface area contributed by atoms with E-state index < -0.39 is 5.41 Å². The van der Waals surface area contributed by atoms with Gasteiger partial charge in [0.05, 0.1) is 5.41 Å². The number of piperidine rings is 2. The molecular formula is C21H37N3O2. The molecule has 3 heterocycles. The molecule has 0 aliphatic carbocycles. The third-order valence-corrected chi connectivity index (χ3v) is 6.63. The van der Waals surface area contributed by atoms with Gasteiger partial charge in [0.15, 0.2) is 0 Å². The summed E-state index contributed by atoms with van der Waals surface area (Å²) in [5, 5.41) is 3.36. The van der Waals surface area contributed by atoms with Crippen molar-refractivity contribution in [1.82, 2.24) is 15.1 Å².